The van der Waals surface area contributed by atoms with Gasteiger partial charge in [0.15, 0.2) is 17.3 Å². The van der Waals surface area contributed by atoms with E-state index >= 15 is 0 Å². The number of para-hydroxylation sites is 1. The molecule has 1 aliphatic carbocycles. The van der Waals surface area contributed by atoms with Crippen LogP contribution in [0.3, 0.4) is 0 Å². The normalized spacial score (nSPS) is 21.1. The molecule has 7 rings (SSSR count). The van der Waals surface area contributed by atoms with Gasteiger partial charge in [-0.05, 0) is 87.0 Å². The number of H-pyrrole nitrogens is 1. The number of hydrogen-bond acceptors (Lipinski definition) is 8. The van der Waals surface area contributed by atoms with Gasteiger partial charge in [0.05, 0.1) is 22.7 Å². The quantitative estimate of drug-likeness (QED) is 0.270. The minimum absolute atomic E-state index is 0.249. The Kier molecular flexibility index (Phi) is 6.75. The highest BCUT2D eigenvalue weighted by Crippen LogP contribution is 2.50. The number of nitrogens with zero attached hydrogens (tertiary/aromatic N) is 4. The van der Waals surface area contributed by atoms with Gasteiger partial charge in [-0.1, -0.05) is 28.9 Å². The van der Waals surface area contributed by atoms with Crippen molar-refractivity contribution in [1.82, 2.24) is 20.0 Å². The highest BCUT2D eigenvalue weighted by atomic mass is 35.5. The van der Waals surface area contributed by atoms with Crippen LogP contribution in [-0.4, -0.2) is 33.1 Å². The third-order valence-electron chi connectivity index (χ3n) is 8.83. The molecule has 4 heterocycles. The van der Waals surface area contributed by atoms with Crippen molar-refractivity contribution in [3.63, 3.8) is 0 Å². The van der Waals surface area contributed by atoms with Crippen LogP contribution in [-0.2, 0) is 18.8 Å². The molecule has 1 N–H and O–H groups in total. The second kappa shape index (κ2) is 10.5. The molecule has 2 fully saturated rings. The van der Waals surface area contributed by atoms with Crippen LogP contribution >= 0.6 is 11.6 Å². The molecule has 1 atom stereocenters. The van der Waals surface area contributed by atoms with E-state index in [-0.39, 0.29) is 11.3 Å². The van der Waals surface area contributed by atoms with Gasteiger partial charge >= 0.3 is 5.76 Å². The van der Waals surface area contributed by atoms with E-state index in [4.69, 9.17) is 26.1 Å². The molecule has 0 bridgehead atoms. The van der Waals surface area contributed by atoms with Crippen LogP contribution in [0.2, 0.25) is 5.02 Å². The highest BCUT2D eigenvalue weighted by Gasteiger charge is 2.44. The molecule has 1 saturated heterocycles. The number of benzene rings is 2. The van der Waals surface area contributed by atoms with Gasteiger partial charge in [-0.25, -0.2) is 9.18 Å². The molecule has 0 spiro atoms. The van der Waals surface area contributed by atoms with Crippen molar-refractivity contribution in [3.8, 4) is 29.0 Å². The van der Waals surface area contributed by atoms with Gasteiger partial charge in [0.2, 0.25) is 0 Å². The SMILES string of the molecule is C[C@]1(c2ccc(Cl)cc2F)Oc2cccc(C3CCN(Cc4ncc(-c5noc(=O)[nH]5)cc4CC4(C#N)CC4)CC3)c2O1. The van der Waals surface area contributed by atoms with Crippen LogP contribution in [0.4, 0.5) is 4.39 Å². The summed E-state index contributed by atoms with van der Waals surface area (Å²) in [5.74, 6) is -0.551. The summed E-state index contributed by atoms with van der Waals surface area (Å²) in [6.45, 7) is 4.07. The standard InChI is InChI=1S/C32H29ClFN5O4/c1-31(24-6-5-22(33)14-25(24)34)41-27-4-2-3-23(28(27)42-31)19-7-11-39(12-8-19)17-26-20(15-32(18-35)9-10-32)13-21(16-36-26)29-37-30(40)43-38-29/h2-6,13-14,16,19H,7-12,15,17H2,1H3,(H,37,38,40)/t31-/m0/s1. The number of fused-ring (bicyclic) bond motifs is 1. The number of pyridine rings is 1. The number of ether oxygens (including phenoxy) is 2. The van der Waals surface area contributed by atoms with Gasteiger partial charge in [-0.15, -0.1) is 0 Å². The summed E-state index contributed by atoms with van der Waals surface area (Å²) in [6.07, 6.45) is 5.85. The number of nitrogens with one attached hydrogen (secondary N) is 1. The minimum Gasteiger partial charge on any atom is -0.444 e. The lowest BCUT2D eigenvalue weighted by atomic mass is 9.88. The zero-order valence-electron chi connectivity index (χ0n) is 23.5. The van der Waals surface area contributed by atoms with Gasteiger partial charge < -0.3 is 9.47 Å². The summed E-state index contributed by atoms with van der Waals surface area (Å²) in [6, 6.07) is 14.8. The predicted octanol–water partition coefficient (Wildman–Crippen LogP) is 6.09. The average Bonchev–Trinajstić information content (AvgIpc) is 3.47. The number of rotatable bonds is 7. The van der Waals surface area contributed by atoms with Crippen molar-refractivity contribution in [1.29, 1.82) is 5.26 Å². The Morgan fingerprint density at radius 2 is 2.00 bits per heavy atom. The maximum Gasteiger partial charge on any atom is 0.439 e. The first-order chi connectivity index (χ1) is 20.7. The Morgan fingerprint density at radius 3 is 2.70 bits per heavy atom. The van der Waals surface area contributed by atoms with Gasteiger partial charge in [0, 0.05) is 35.8 Å². The molecular weight excluding hydrogens is 573 g/mol. The Bertz CT molecular complexity index is 1800. The summed E-state index contributed by atoms with van der Waals surface area (Å²) in [5, 5.41) is 13.9. The molecule has 1 saturated carbocycles. The van der Waals surface area contributed by atoms with Crippen LogP contribution in [0.1, 0.15) is 60.9 Å². The fourth-order valence-corrected chi connectivity index (χ4v) is 6.37. The third-order valence-corrected chi connectivity index (χ3v) is 9.06. The molecule has 220 valence electrons. The van der Waals surface area contributed by atoms with E-state index in [1.165, 1.54) is 6.07 Å². The van der Waals surface area contributed by atoms with Crippen LogP contribution in [0.25, 0.3) is 11.4 Å². The van der Waals surface area contributed by atoms with Gasteiger partial charge in [-0.3, -0.25) is 19.4 Å². The first kappa shape index (κ1) is 27.6. The van der Waals surface area contributed by atoms with Crippen molar-refractivity contribution >= 4 is 11.6 Å². The Hall–Kier alpha value is -4.20. The fourth-order valence-electron chi connectivity index (χ4n) is 6.21. The van der Waals surface area contributed by atoms with E-state index in [9.17, 15) is 14.4 Å². The largest absolute Gasteiger partial charge is 0.444 e. The van der Waals surface area contributed by atoms with E-state index in [0.29, 0.717) is 46.4 Å². The lowest BCUT2D eigenvalue weighted by Gasteiger charge is -2.33. The van der Waals surface area contributed by atoms with Crippen LogP contribution in [0.5, 0.6) is 11.5 Å². The van der Waals surface area contributed by atoms with E-state index in [2.05, 4.69) is 31.7 Å². The maximum absolute atomic E-state index is 14.8. The van der Waals surface area contributed by atoms with E-state index in [0.717, 1.165) is 55.6 Å². The molecule has 0 unspecified atom stereocenters. The van der Waals surface area contributed by atoms with Crippen LogP contribution in [0, 0.1) is 22.6 Å². The number of halogens is 2. The monoisotopic (exact) mass is 601 g/mol. The highest BCUT2D eigenvalue weighted by molar-refractivity contribution is 6.30. The summed E-state index contributed by atoms with van der Waals surface area (Å²) in [4.78, 5) is 21.2. The molecular formula is C32H29ClFN5O4. The van der Waals surface area contributed by atoms with E-state index in [1.54, 1.807) is 25.3 Å². The Labute approximate surface area is 252 Å². The lowest BCUT2D eigenvalue weighted by molar-refractivity contribution is -0.0712. The zero-order valence-corrected chi connectivity index (χ0v) is 24.3. The first-order valence-electron chi connectivity index (χ1n) is 14.4. The summed E-state index contributed by atoms with van der Waals surface area (Å²) in [5.41, 5.74) is 3.57. The lowest BCUT2D eigenvalue weighted by Crippen LogP contribution is -2.34. The van der Waals surface area contributed by atoms with Crippen molar-refractivity contribution in [2.75, 3.05) is 13.1 Å². The van der Waals surface area contributed by atoms with E-state index in [1.807, 2.05) is 18.2 Å². The average molecular weight is 602 g/mol. The number of likely N-dealkylation sites (tertiary alicyclic amines) is 1. The molecule has 3 aliphatic rings. The molecule has 2 aliphatic heterocycles. The molecule has 9 nitrogen and oxygen atoms in total. The molecule has 2 aromatic heterocycles. The number of aromatic amines is 1. The summed E-state index contributed by atoms with van der Waals surface area (Å²) in [7, 11) is 0. The zero-order chi connectivity index (χ0) is 29.8. The first-order valence-corrected chi connectivity index (χ1v) is 14.8. The van der Waals surface area contributed by atoms with Gasteiger partial charge in [0.25, 0.3) is 5.79 Å². The summed E-state index contributed by atoms with van der Waals surface area (Å²) < 4.78 is 32.0. The Balaban J connectivity index is 1.07. The molecule has 0 amide bonds. The van der Waals surface area contributed by atoms with Crippen LogP contribution < -0.4 is 15.2 Å². The number of hydrogen-bond donors (Lipinski definition) is 1. The molecule has 2 aromatic carbocycles. The number of piperidine rings is 1. The summed E-state index contributed by atoms with van der Waals surface area (Å²) >= 11 is 5.97. The van der Waals surface area contributed by atoms with Gasteiger partial charge in [-0.2, -0.15) is 5.26 Å². The van der Waals surface area contributed by atoms with Crippen molar-refractivity contribution in [2.24, 2.45) is 5.41 Å². The van der Waals surface area contributed by atoms with Gasteiger partial charge in [0.1, 0.15) is 5.82 Å². The second-order valence-electron chi connectivity index (χ2n) is 11.8. The molecule has 43 heavy (non-hydrogen) atoms. The predicted molar refractivity (Wildman–Crippen MR) is 155 cm³/mol. The van der Waals surface area contributed by atoms with Crippen molar-refractivity contribution < 1.29 is 18.4 Å². The van der Waals surface area contributed by atoms with E-state index < -0.39 is 17.4 Å². The minimum atomic E-state index is -1.29. The maximum atomic E-state index is 14.8. The van der Waals surface area contributed by atoms with Crippen molar-refractivity contribution in [3.05, 3.63) is 92.4 Å². The number of aromatic nitrogens is 3. The fraction of sp³-hybridized carbons (Fsp3) is 0.375. The second-order valence-corrected chi connectivity index (χ2v) is 12.3. The molecule has 0 radical (unpaired) electrons. The van der Waals surface area contributed by atoms with Crippen molar-refractivity contribution in [2.45, 2.75) is 57.3 Å². The smallest absolute Gasteiger partial charge is 0.439 e. The topological polar surface area (TPSA) is 117 Å². The number of nitriles is 1. The third kappa shape index (κ3) is 5.28. The molecule has 11 heteroatoms. The Morgan fingerprint density at radius 1 is 1.19 bits per heavy atom. The molecule has 4 aromatic rings. The van der Waals surface area contributed by atoms with Crippen LogP contribution in [0.15, 0.2) is 58.0 Å².